The minimum atomic E-state index is 0.0837. The van der Waals surface area contributed by atoms with Crippen molar-refractivity contribution in [1.29, 1.82) is 0 Å². The molecular formula is C7H15N3O. The van der Waals surface area contributed by atoms with Gasteiger partial charge in [-0.15, -0.1) is 0 Å². The van der Waals surface area contributed by atoms with Crippen LogP contribution in [0.25, 0.3) is 0 Å². The number of nitrogens with two attached hydrogens (primary N) is 2. The maximum Gasteiger partial charge on any atom is 0.185 e. The van der Waals surface area contributed by atoms with Gasteiger partial charge in [0, 0.05) is 13.0 Å². The van der Waals surface area contributed by atoms with Crippen LogP contribution in [0.3, 0.4) is 0 Å². The summed E-state index contributed by atoms with van der Waals surface area (Å²) in [6.45, 7) is 4.03. The molecule has 0 aliphatic carbocycles. The molecule has 0 aromatic carbocycles. The minimum absolute atomic E-state index is 0.0837. The van der Waals surface area contributed by atoms with Gasteiger partial charge in [0.2, 0.25) is 0 Å². The number of Topliss-reactive ketones (excluding diaryl/α,β-unsaturated/α-hetero) is 1. The summed E-state index contributed by atoms with van der Waals surface area (Å²) in [5.74, 6) is 0.485. The van der Waals surface area contributed by atoms with Gasteiger partial charge in [-0.25, -0.2) is 0 Å². The molecule has 4 N–H and O–H groups in total. The first-order valence-corrected chi connectivity index (χ1v) is 3.57. The maximum atomic E-state index is 10.6. The highest BCUT2D eigenvalue weighted by Crippen LogP contribution is 2.01. The number of ketones is 1. The number of hydrogen-bond acceptors (Lipinski definition) is 2. The smallest absolute Gasteiger partial charge is 0.185 e. The van der Waals surface area contributed by atoms with E-state index in [1.165, 1.54) is 0 Å². The highest BCUT2D eigenvalue weighted by Gasteiger charge is 2.03. The van der Waals surface area contributed by atoms with Crippen LogP contribution in [0.1, 0.15) is 20.3 Å². The molecule has 0 bridgehead atoms. The van der Waals surface area contributed by atoms with Gasteiger partial charge < -0.3 is 16.3 Å². The number of aliphatic imine (C=N–C) groups is 1. The van der Waals surface area contributed by atoms with Crippen LogP contribution < -0.4 is 11.5 Å². The molecule has 0 aromatic heterocycles. The zero-order valence-electron chi connectivity index (χ0n) is 7.00. The van der Waals surface area contributed by atoms with Crippen LogP contribution in [0.2, 0.25) is 0 Å². The van der Waals surface area contributed by atoms with E-state index in [4.69, 9.17) is 11.5 Å². The van der Waals surface area contributed by atoms with Gasteiger partial charge >= 0.3 is 0 Å². The van der Waals surface area contributed by atoms with Crippen molar-refractivity contribution in [2.45, 2.75) is 20.3 Å². The van der Waals surface area contributed by atoms with Crippen molar-refractivity contribution < 1.29 is 4.79 Å². The quantitative estimate of drug-likeness (QED) is 0.440. The second kappa shape index (κ2) is 4.71. The lowest BCUT2D eigenvalue weighted by Gasteiger charge is -2.04. The van der Waals surface area contributed by atoms with Crippen LogP contribution >= 0.6 is 0 Å². The molecule has 0 fully saturated rings. The molecule has 0 spiro atoms. The Morgan fingerprint density at radius 3 is 2.45 bits per heavy atom. The van der Waals surface area contributed by atoms with Crippen LogP contribution in [0.4, 0.5) is 0 Å². The van der Waals surface area contributed by atoms with E-state index >= 15 is 0 Å². The van der Waals surface area contributed by atoms with E-state index in [2.05, 4.69) is 4.99 Å². The summed E-state index contributed by atoms with van der Waals surface area (Å²) in [5.41, 5.74) is 10.2. The van der Waals surface area contributed by atoms with Gasteiger partial charge in [0.05, 0.1) is 0 Å². The standard InChI is InChI=1S/C7H15N3O/c1-5(3-6(2)11)4-10-7(8)9/h5H,3-4H2,1-2H3,(H4,8,9,10). The molecule has 11 heavy (non-hydrogen) atoms. The Kier molecular flexibility index (Phi) is 4.26. The Labute approximate surface area is 66.7 Å². The fraction of sp³-hybridized carbons (Fsp3) is 0.714. The van der Waals surface area contributed by atoms with E-state index < -0.39 is 0 Å². The third kappa shape index (κ3) is 6.83. The van der Waals surface area contributed by atoms with Gasteiger partial charge in [-0.3, -0.25) is 4.99 Å². The number of carbonyl (C=O) groups excluding carboxylic acids is 1. The van der Waals surface area contributed by atoms with Crippen molar-refractivity contribution in [2.75, 3.05) is 6.54 Å². The third-order valence-electron chi connectivity index (χ3n) is 1.22. The summed E-state index contributed by atoms with van der Waals surface area (Å²) in [5, 5.41) is 0. The van der Waals surface area contributed by atoms with Crippen molar-refractivity contribution in [3.63, 3.8) is 0 Å². The molecule has 64 valence electrons. The van der Waals surface area contributed by atoms with Crippen LogP contribution in [0.15, 0.2) is 4.99 Å². The lowest BCUT2D eigenvalue weighted by atomic mass is 10.1. The number of nitrogens with zero attached hydrogens (tertiary/aromatic N) is 1. The zero-order chi connectivity index (χ0) is 8.85. The molecule has 0 rings (SSSR count). The normalized spacial score (nSPS) is 12.2. The van der Waals surface area contributed by atoms with Gasteiger partial charge in [-0.05, 0) is 12.8 Å². The molecule has 4 heteroatoms. The van der Waals surface area contributed by atoms with Gasteiger partial charge in [-0.2, -0.15) is 0 Å². The molecule has 0 aliphatic heterocycles. The highest BCUT2D eigenvalue weighted by atomic mass is 16.1. The first-order chi connectivity index (χ1) is 5.02. The van der Waals surface area contributed by atoms with Crippen molar-refractivity contribution in [1.82, 2.24) is 0 Å². The number of hydrogen-bond donors (Lipinski definition) is 2. The second-order valence-electron chi connectivity index (χ2n) is 2.78. The Bertz CT molecular complexity index is 161. The maximum absolute atomic E-state index is 10.6. The van der Waals surface area contributed by atoms with Crippen molar-refractivity contribution in [3.8, 4) is 0 Å². The van der Waals surface area contributed by atoms with E-state index in [-0.39, 0.29) is 17.7 Å². The summed E-state index contributed by atoms with van der Waals surface area (Å²) in [4.78, 5) is 14.4. The molecule has 1 unspecified atom stereocenters. The third-order valence-corrected chi connectivity index (χ3v) is 1.22. The molecule has 0 radical (unpaired) electrons. The SMILES string of the molecule is CC(=O)CC(C)CN=C(N)N. The summed E-state index contributed by atoms with van der Waals surface area (Å²) >= 11 is 0. The van der Waals surface area contributed by atoms with E-state index in [9.17, 15) is 4.79 Å². The highest BCUT2D eigenvalue weighted by molar-refractivity contribution is 5.76. The summed E-state index contributed by atoms with van der Waals surface area (Å²) in [6.07, 6.45) is 0.538. The van der Waals surface area contributed by atoms with Crippen LogP contribution in [-0.2, 0) is 4.79 Å². The molecule has 0 saturated carbocycles. The number of rotatable bonds is 4. The minimum Gasteiger partial charge on any atom is -0.370 e. The molecule has 1 atom stereocenters. The van der Waals surface area contributed by atoms with E-state index in [0.29, 0.717) is 13.0 Å². The van der Waals surface area contributed by atoms with Gasteiger partial charge in [0.1, 0.15) is 5.78 Å². The first kappa shape index (κ1) is 9.94. The number of guanidine groups is 1. The average Bonchev–Trinajstić information content (AvgIpc) is 1.82. The Morgan fingerprint density at radius 1 is 1.55 bits per heavy atom. The molecule has 4 nitrogen and oxygen atoms in total. The Balaban J connectivity index is 3.61. The summed E-state index contributed by atoms with van der Waals surface area (Å²) in [6, 6.07) is 0. The molecule has 0 aliphatic rings. The largest absolute Gasteiger partial charge is 0.370 e. The molecule has 0 amide bonds. The Hall–Kier alpha value is -1.06. The van der Waals surface area contributed by atoms with Gasteiger partial charge in [-0.1, -0.05) is 6.92 Å². The van der Waals surface area contributed by atoms with E-state index in [1.807, 2.05) is 6.92 Å². The number of carbonyl (C=O) groups is 1. The Morgan fingerprint density at radius 2 is 2.09 bits per heavy atom. The van der Waals surface area contributed by atoms with Crippen LogP contribution in [0, 0.1) is 5.92 Å². The van der Waals surface area contributed by atoms with Gasteiger partial charge in [0.15, 0.2) is 5.96 Å². The van der Waals surface area contributed by atoms with Crippen LogP contribution in [-0.4, -0.2) is 18.3 Å². The summed E-state index contributed by atoms with van der Waals surface area (Å²) in [7, 11) is 0. The monoisotopic (exact) mass is 157 g/mol. The van der Waals surface area contributed by atoms with Crippen molar-refractivity contribution in [3.05, 3.63) is 0 Å². The molecule has 0 heterocycles. The molecule has 0 aromatic rings. The van der Waals surface area contributed by atoms with Crippen molar-refractivity contribution in [2.24, 2.45) is 22.4 Å². The lowest BCUT2D eigenvalue weighted by Crippen LogP contribution is -2.24. The predicted molar refractivity (Wildman–Crippen MR) is 45.1 cm³/mol. The van der Waals surface area contributed by atoms with Gasteiger partial charge in [0.25, 0.3) is 0 Å². The fourth-order valence-corrected chi connectivity index (χ4v) is 0.817. The molecule has 0 saturated heterocycles. The predicted octanol–water partition coefficient (Wildman–Crippen LogP) is -0.125. The second-order valence-corrected chi connectivity index (χ2v) is 2.78. The molecular weight excluding hydrogens is 142 g/mol. The lowest BCUT2D eigenvalue weighted by molar-refractivity contribution is -0.117. The first-order valence-electron chi connectivity index (χ1n) is 3.57. The average molecular weight is 157 g/mol. The van der Waals surface area contributed by atoms with E-state index in [0.717, 1.165) is 0 Å². The topological polar surface area (TPSA) is 81.5 Å². The summed E-state index contributed by atoms with van der Waals surface area (Å²) < 4.78 is 0. The van der Waals surface area contributed by atoms with Crippen LogP contribution in [0.5, 0.6) is 0 Å². The zero-order valence-corrected chi connectivity index (χ0v) is 7.00. The fourth-order valence-electron chi connectivity index (χ4n) is 0.817. The van der Waals surface area contributed by atoms with E-state index in [1.54, 1.807) is 6.92 Å². The van der Waals surface area contributed by atoms with Crippen molar-refractivity contribution >= 4 is 11.7 Å².